The first kappa shape index (κ1) is 7.56. The summed E-state index contributed by atoms with van der Waals surface area (Å²) >= 11 is 0. The molecule has 2 fully saturated rings. The Hall–Kier alpha value is -0.0800. The van der Waals surface area contributed by atoms with Crippen molar-refractivity contribution in [3.8, 4) is 0 Å². The van der Waals surface area contributed by atoms with Crippen molar-refractivity contribution in [1.29, 1.82) is 0 Å². The monoisotopic (exact) mass is 155 g/mol. The molecule has 1 saturated heterocycles. The number of hydrogen-bond acceptors (Lipinski definition) is 2. The summed E-state index contributed by atoms with van der Waals surface area (Å²) in [6.45, 7) is 3.78. The van der Waals surface area contributed by atoms with Crippen LogP contribution in [0.1, 0.15) is 25.7 Å². The highest BCUT2D eigenvalue weighted by atomic mass is 16.5. The van der Waals surface area contributed by atoms with Gasteiger partial charge in [0.15, 0.2) is 0 Å². The Kier molecular flexibility index (Phi) is 1.90. The second-order valence-electron chi connectivity index (χ2n) is 3.87. The summed E-state index contributed by atoms with van der Waals surface area (Å²) < 4.78 is 5.47. The van der Waals surface area contributed by atoms with Crippen LogP contribution in [0.25, 0.3) is 0 Å². The first-order chi connectivity index (χ1) is 5.35. The van der Waals surface area contributed by atoms with Gasteiger partial charge in [-0.3, -0.25) is 0 Å². The fraction of sp³-hybridized carbons (Fsp3) is 1.00. The lowest BCUT2D eigenvalue weighted by Gasteiger charge is -2.21. The first-order valence-corrected chi connectivity index (χ1v) is 4.62. The lowest BCUT2D eigenvalue weighted by atomic mass is 10.3. The van der Waals surface area contributed by atoms with Crippen molar-refractivity contribution >= 4 is 0 Å². The minimum Gasteiger partial charge on any atom is -0.377 e. The summed E-state index contributed by atoms with van der Waals surface area (Å²) in [6, 6.07) is 0. The van der Waals surface area contributed by atoms with Crippen LogP contribution in [0.3, 0.4) is 0 Å². The van der Waals surface area contributed by atoms with Gasteiger partial charge in [-0.1, -0.05) is 0 Å². The van der Waals surface area contributed by atoms with Gasteiger partial charge in [0.2, 0.25) is 0 Å². The Balaban J connectivity index is 1.80. The second-order valence-corrected chi connectivity index (χ2v) is 3.87. The highest BCUT2D eigenvalue weighted by molar-refractivity contribution is 4.98. The van der Waals surface area contributed by atoms with E-state index in [1.54, 1.807) is 0 Å². The van der Waals surface area contributed by atoms with Crippen LogP contribution in [0.2, 0.25) is 0 Å². The lowest BCUT2D eigenvalue weighted by Crippen LogP contribution is -2.32. The molecule has 0 aromatic rings. The van der Waals surface area contributed by atoms with Gasteiger partial charge in [-0.25, -0.2) is 0 Å². The smallest absolute Gasteiger partial charge is 0.0807 e. The summed E-state index contributed by atoms with van der Waals surface area (Å²) in [6.07, 6.45) is 5.33. The van der Waals surface area contributed by atoms with Crippen LogP contribution in [0.15, 0.2) is 0 Å². The minimum absolute atomic E-state index is 0.282. The summed E-state index contributed by atoms with van der Waals surface area (Å²) in [5.74, 6) is 0. The molecule has 0 N–H and O–H groups in total. The third-order valence-electron chi connectivity index (χ3n) is 2.95. The maximum Gasteiger partial charge on any atom is 0.0807 e. The fourth-order valence-electron chi connectivity index (χ4n) is 1.91. The highest BCUT2D eigenvalue weighted by Crippen LogP contribution is 2.39. The van der Waals surface area contributed by atoms with E-state index >= 15 is 0 Å². The topological polar surface area (TPSA) is 12.5 Å². The predicted octanol–water partition coefficient (Wildman–Crippen LogP) is 1.26. The van der Waals surface area contributed by atoms with Gasteiger partial charge in [0.1, 0.15) is 0 Å². The molecule has 64 valence electrons. The molecule has 0 amide bonds. The molecule has 1 aliphatic carbocycles. The SMILES string of the molecule is COC1(CN2CCCC2)CC1. The normalized spacial score (nSPS) is 29.2. The zero-order valence-electron chi connectivity index (χ0n) is 7.31. The van der Waals surface area contributed by atoms with Crippen LogP contribution in [0.5, 0.6) is 0 Å². The van der Waals surface area contributed by atoms with E-state index in [0.717, 1.165) is 0 Å². The van der Waals surface area contributed by atoms with E-state index in [0.29, 0.717) is 0 Å². The van der Waals surface area contributed by atoms with Crippen LogP contribution >= 0.6 is 0 Å². The molecule has 0 spiro atoms. The van der Waals surface area contributed by atoms with E-state index in [1.807, 2.05) is 7.11 Å². The van der Waals surface area contributed by atoms with Crippen molar-refractivity contribution in [2.24, 2.45) is 0 Å². The molecule has 1 heterocycles. The number of methoxy groups -OCH3 is 1. The van der Waals surface area contributed by atoms with Gasteiger partial charge < -0.3 is 9.64 Å². The highest BCUT2D eigenvalue weighted by Gasteiger charge is 2.44. The van der Waals surface area contributed by atoms with Crippen molar-refractivity contribution in [3.05, 3.63) is 0 Å². The van der Waals surface area contributed by atoms with Crippen molar-refractivity contribution in [3.63, 3.8) is 0 Å². The molecule has 2 heteroatoms. The summed E-state index contributed by atoms with van der Waals surface area (Å²) in [5, 5.41) is 0. The van der Waals surface area contributed by atoms with Crippen LogP contribution < -0.4 is 0 Å². The molecule has 0 atom stereocenters. The van der Waals surface area contributed by atoms with Gasteiger partial charge >= 0.3 is 0 Å². The Labute approximate surface area is 68.5 Å². The number of ether oxygens (including phenoxy) is 1. The molecule has 0 aromatic heterocycles. The number of likely N-dealkylation sites (tertiary alicyclic amines) is 1. The lowest BCUT2D eigenvalue weighted by molar-refractivity contribution is 0.0502. The van der Waals surface area contributed by atoms with Crippen molar-refractivity contribution < 1.29 is 4.74 Å². The Morgan fingerprint density at radius 3 is 2.36 bits per heavy atom. The fourth-order valence-corrected chi connectivity index (χ4v) is 1.91. The van der Waals surface area contributed by atoms with E-state index in [9.17, 15) is 0 Å². The molecular weight excluding hydrogens is 138 g/mol. The number of hydrogen-bond donors (Lipinski definition) is 0. The predicted molar refractivity (Wildman–Crippen MR) is 44.6 cm³/mol. The molecular formula is C9H17NO. The molecule has 0 radical (unpaired) electrons. The second kappa shape index (κ2) is 2.76. The molecule has 1 aliphatic heterocycles. The van der Waals surface area contributed by atoms with Crippen molar-refractivity contribution in [2.45, 2.75) is 31.3 Å². The van der Waals surface area contributed by atoms with E-state index < -0.39 is 0 Å². The standard InChI is InChI=1S/C9H17NO/c1-11-9(4-5-9)8-10-6-2-3-7-10/h2-8H2,1H3. The molecule has 0 bridgehead atoms. The van der Waals surface area contributed by atoms with E-state index in [1.165, 1.54) is 45.3 Å². The maximum atomic E-state index is 5.47. The van der Waals surface area contributed by atoms with E-state index in [4.69, 9.17) is 4.74 Å². The van der Waals surface area contributed by atoms with Gasteiger partial charge in [-0.2, -0.15) is 0 Å². The Bertz CT molecular complexity index is 136. The largest absolute Gasteiger partial charge is 0.377 e. The zero-order valence-corrected chi connectivity index (χ0v) is 7.31. The Morgan fingerprint density at radius 1 is 1.27 bits per heavy atom. The molecule has 2 aliphatic rings. The van der Waals surface area contributed by atoms with Gasteiger partial charge in [0.25, 0.3) is 0 Å². The quantitative estimate of drug-likeness (QED) is 0.608. The van der Waals surface area contributed by atoms with Crippen LogP contribution in [-0.4, -0.2) is 37.2 Å². The third kappa shape index (κ3) is 1.57. The summed E-state index contributed by atoms with van der Waals surface area (Å²) in [5.41, 5.74) is 0.282. The Morgan fingerprint density at radius 2 is 1.91 bits per heavy atom. The van der Waals surface area contributed by atoms with Gasteiger partial charge in [-0.15, -0.1) is 0 Å². The maximum absolute atomic E-state index is 5.47. The van der Waals surface area contributed by atoms with Crippen molar-refractivity contribution in [2.75, 3.05) is 26.7 Å². The number of nitrogens with zero attached hydrogens (tertiary/aromatic N) is 1. The molecule has 0 unspecified atom stereocenters. The van der Waals surface area contributed by atoms with Crippen LogP contribution in [0, 0.1) is 0 Å². The molecule has 2 rings (SSSR count). The van der Waals surface area contributed by atoms with Crippen molar-refractivity contribution in [1.82, 2.24) is 4.90 Å². The van der Waals surface area contributed by atoms with Crippen LogP contribution in [-0.2, 0) is 4.74 Å². The zero-order chi connectivity index (χ0) is 7.73. The minimum atomic E-state index is 0.282. The van der Waals surface area contributed by atoms with E-state index in [2.05, 4.69) is 4.90 Å². The first-order valence-electron chi connectivity index (χ1n) is 4.62. The third-order valence-corrected chi connectivity index (χ3v) is 2.95. The summed E-state index contributed by atoms with van der Waals surface area (Å²) in [7, 11) is 1.85. The van der Waals surface area contributed by atoms with Gasteiger partial charge in [0, 0.05) is 13.7 Å². The van der Waals surface area contributed by atoms with Crippen LogP contribution in [0.4, 0.5) is 0 Å². The van der Waals surface area contributed by atoms with Gasteiger partial charge in [0.05, 0.1) is 5.60 Å². The number of rotatable bonds is 3. The molecule has 1 saturated carbocycles. The van der Waals surface area contributed by atoms with E-state index in [-0.39, 0.29) is 5.60 Å². The average Bonchev–Trinajstić information content (AvgIpc) is 2.59. The molecule has 0 aromatic carbocycles. The molecule has 2 nitrogen and oxygen atoms in total. The average molecular weight is 155 g/mol. The molecule has 11 heavy (non-hydrogen) atoms. The summed E-state index contributed by atoms with van der Waals surface area (Å²) in [4.78, 5) is 2.54. The van der Waals surface area contributed by atoms with Gasteiger partial charge in [-0.05, 0) is 38.8 Å².